The van der Waals surface area contributed by atoms with Gasteiger partial charge < -0.3 is 15.8 Å². The largest absolute Gasteiger partial charge is 0.483 e. The van der Waals surface area contributed by atoms with Crippen LogP contribution in [0.5, 0.6) is 5.75 Å². The monoisotopic (exact) mass is 282 g/mol. The lowest BCUT2D eigenvalue weighted by molar-refractivity contribution is -0.123. The smallest absolute Gasteiger partial charge is 0.258 e. The number of nitrogens with two attached hydrogens (primary N) is 1. The number of hydrogen-bond acceptors (Lipinski definition) is 3. The van der Waals surface area contributed by atoms with Gasteiger partial charge in [-0.15, -0.1) is 0 Å². The molecular weight excluding hydrogens is 259 g/mol. The highest BCUT2D eigenvalue weighted by molar-refractivity contribution is 5.77. The first-order chi connectivity index (χ1) is 9.43. The van der Waals surface area contributed by atoms with E-state index in [0.717, 1.165) is 12.8 Å². The molecule has 1 rings (SSSR count). The first-order valence-electron chi connectivity index (χ1n) is 6.91. The molecule has 0 aromatic heterocycles. The quantitative estimate of drug-likeness (QED) is 0.807. The third kappa shape index (κ3) is 5.17. The van der Waals surface area contributed by atoms with Crippen LogP contribution >= 0.6 is 0 Å². The van der Waals surface area contributed by atoms with Crippen LogP contribution < -0.4 is 15.8 Å². The lowest BCUT2D eigenvalue weighted by atomic mass is 10.1. The molecule has 1 aromatic carbocycles. The summed E-state index contributed by atoms with van der Waals surface area (Å²) < 4.78 is 18.6. The maximum atomic E-state index is 13.2. The first kappa shape index (κ1) is 16.4. The lowest BCUT2D eigenvalue weighted by Crippen LogP contribution is -2.36. The van der Waals surface area contributed by atoms with Crippen molar-refractivity contribution in [1.82, 2.24) is 5.32 Å². The number of rotatable bonds is 7. The summed E-state index contributed by atoms with van der Waals surface area (Å²) in [5.74, 6) is -0.312. The van der Waals surface area contributed by atoms with Gasteiger partial charge in [0.15, 0.2) is 6.61 Å². The van der Waals surface area contributed by atoms with E-state index in [1.165, 1.54) is 12.1 Å². The zero-order chi connectivity index (χ0) is 15.1. The van der Waals surface area contributed by atoms with Gasteiger partial charge in [0.25, 0.3) is 5.91 Å². The van der Waals surface area contributed by atoms with Gasteiger partial charge in [0, 0.05) is 23.7 Å². The molecule has 0 saturated heterocycles. The standard InChI is InChI=1S/C15H23FN2O2/c1-4-5-10(2)18-15(19)9-20-14-8-12(16)6-7-13(14)11(3)17/h6-8,10-11H,4-5,9,17H2,1-3H3,(H,18,19)/t10?,11-/m1/s1. The van der Waals surface area contributed by atoms with Crippen LogP contribution in [0.25, 0.3) is 0 Å². The topological polar surface area (TPSA) is 64.3 Å². The Morgan fingerprint density at radius 3 is 2.75 bits per heavy atom. The van der Waals surface area contributed by atoms with E-state index in [0.29, 0.717) is 11.3 Å². The van der Waals surface area contributed by atoms with Crippen LogP contribution in [0.15, 0.2) is 18.2 Å². The van der Waals surface area contributed by atoms with Crippen LogP contribution in [-0.2, 0) is 4.79 Å². The number of amides is 1. The van der Waals surface area contributed by atoms with Crippen LogP contribution in [-0.4, -0.2) is 18.6 Å². The van der Waals surface area contributed by atoms with Crippen molar-refractivity contribution in [3.05, 3.63) is 29.6 Å². The van der Waals surface area contributed by atoms with Crippen molar-refractivity contribution in [2.75, 3.05) is 6.61 Å². The maximum absolute atomic E-state index is 13.2. The molecule has 20 heavy (non-hydrogen) atoms. The molecule has 112 valence electrons. The minimum atomic E-state index is -0.413. The van der Waals surface area contributed by atoms with E-state index in [2.05, 4.69) is 12.2 Å². The normalized spacial score (nSPS) is 13.7. The van der Waals surface area contributed by atoms with E-state index >= 15 is 0 Å². The zero-order valence-electron chi connectivity index (χ0n) is 12.3. The number of nitrogens with one attached hydrogen (secondary N) is 1. The average molecular weight is 282 g/mol. The second kappa shape index (κ2) is 7.85. The Labute approximate surface area is 119 Å². The molecule has 0 heterocycles. The van der Waals surface area contributed by atoms with Crippen molar-refractivity contribution in [3.8, 4) is 5.75 Å². The third-order valence-corrected chi connectivity index (χ3v) is 2.95. The lowest BCUT2D eigenvalue weighted by Gasteiger charge is -2.16. The van der Waals surface area contributed by atoms with Crippen LogP contribution in [0.3, 0.4) is 0 Å². The van der Waals surface area contributed by atoms with Crippen molar-refractivity contribution in [2.45, 2.75) is 45.7 Å². The summed E-state index contributed by atoms with van der Waals surface area (Å²) in [4.78, 5) is 11.7. The number of carbonyl (C=O) groups excluding carboxylic acids is 1. The van der Waals surface area contributed by atoms with Crippen LogP contribution in [0.2, 0.25) is 0 Å². The van der Waals surface area contributed by atoms with Gasteiger partial charge in [-0.05, 0) is 26.3 Å². The fraction of sp³-hybridized carbons (Fsp3) is 0.533. The van der Waals surface area contributed by atoms with Crippen molar-refractivity contribution < 1.29 is 13.9 Å². The number of hydrogen-bond donors (Lipinski definition) is 2. The Morgan fingerprint density at radius 2 is 2.15 bits per heavy atom. The van der Waals surface area contributed by atoms with E-state index in [4.69, 9.17) is 10.5 Å². The van der Waals surface area contributed by atoms with Crippen molar-refractivity contribution in [2.24, 2.45) is 5.73 Å². The van der Waals surface area contributed by atoms with E-state index < -0.39 is 5.82 Å². The molecule has 1 amide bonds. The van der Waals surface area contributed by atoms with Crippen molar-refractivity contribution in [1.29, 1.82) is 0 Å². The minimum Gasteiger partial charge on any atom is -0.483 e. The first-order valence-corrected chi connectivity index (χ1v) is 6.91. The van der Waals surface area contributed by atoms with Crippen molar-refractivity contribution >= 4 is 5.91 Å². The maximum Gasteiger partial charge on any atom is 0.258 e. The van der Waals surface area contributed by atoms with Crippen LogP contribution in [0, 0.1) is 5.82 Å². The molecule has 5 heteroatoms. The molecule has 1 aromatic rings. The molecule has 2 atom stereocenters. The van der Waals surface area contributed by atoms with E-state index in [1.54, 1.807) is 13.0 Å². The minimum absolute atomic E-state index is 0.108. The van der Waals surface area contributed by atoms with Crippen molar-refractivity contribution in [3.63, 3.8) is 0 Å². The summed E-state index contributed by atoms with van der Waals surface area (Å²) in [5, 5.41) is 2.83. The molecule has 0 bridgehead atoms. The van der Waals surface area contributed by atoms with E-state index in [1.807, 2.05) is 6.92 Å². The van der Waals surface area contributed by atoms with Crippen LogP contribution in [0.1, 0.15) is 45.2 Å². The highest BCUT2D eigenvalue weighted by Gasteiger charge is 2.12. The van der Waals surface area contributed by atoms with Gasteiger partial charge >= 0.3 is 0 Å². The summed E-state index contributed by atoms with van der Waals surface area (Å²) in [6, 6.07) is 3.98. The molecule has 1 unspecified atom stereocenters. The highest BCUT2D eigenvalue weighted by atomic mass is 19.1. The molecule has 0 aliphatic heterocycles. The fourth-order valence-electron chi connectivity index (χ4n) is 1.97. The second-order valence-corrected chi connectivity index (χ2v) is 5.02. The average Bonchev–Trinajstić information content (AvgIpc) is 2.36. The van der Waals surface area contributed by atoms with E-state index in [-0.39, 0.29) is 24.6 Å². The summed E-state index contributed by atoms with van der Waals surface area (Å²) >= 11 is 0. The number of halogens is 1. The zero-order valence-corrected chi connectivity index (χ0v) is 12.3. The summed E-state index contributed by atoms with van der Waals surface area (Å²) in [7, 11) is 0. The number of benzene rings is 1. The molecule has 3 N–H and O–H groups in total. The molecular formula is C15H23FN2O2. The molecule has 0 spiro atoms. The molecule has 0 aliphatic rings. The molecule has 4 nitrogen and oxygen atoms in total. The van der Waals surface area contributed by atoms with E-state index in [9.17, 15) is 9.18 Å². The summed E-state index contributed by atoms with van der Waals surface area (Å²) in [6.45, 7) is 5.64. The van der Waals surface area contributed by atoms with Gasteiger partial charge in [0.1, 0.15) is 11.6 Å². The van der Waals surface area contributed by atoms with Crippen LogP contribution in [0.4, 0.5) is 4.39 Å². The van der Waals surface area contributed by atoms with Gasteiger partial charge in [-0.3, -0.25) is 4.79 Å². The SMILES string of the molecule is CCCC(C)NC(=O)COc1cc(F)ccc1[C@@H](C)N. The Balaban J connectivity index is 2.61. The molecule has 0 saturated carbocycles. The fourth-order valence-corrected chi connectivity index (χ4v) is 1.97. The Kier molecular flexibility index (Phi) is 6.45. The predicted octanol–water partition coefficient (Wildman–Crippen LogP) is 2.53. The number of ether oxygens (including phenoxy) is 1. The third-order valence-electron chi connectivity index (χ3n) is 2.95. The summed E-state index contributed by atoms with van der Waals surface area (Å²) in [6.07, 6.45) is 1.91. The van der Waals surface area contributed by atoms with Gasteiger partial charge in [0.05, 0.1) is 0 Å². The molecule has 0 radical (unpaired) electrons. The Hall–Kier alpha value is -1.62. The predicted molar refractivity (Wildman–Crippen MR) is 77.0 cm³/mol. The van der Waals surface area contributed by atoms with Gasteiger partial charge in [-0.25, -0.2) is 4.39 Å². The molecule has 0 aliphatic carbocycles. The van der Waals surface area contributed by atoms with Gasteiger partial charge in [0.2, 0.25) is 0 Å². The molecule has 0 fully saturated rings. The number of carbonyl (C=O) groups is 1. The second-order valence-electron chi connectivity index (χ2n) is 5.02. The van der Waals surface area contributed by atoms with Gasteiger partial charge in [-0.1, -0.05) is 19.4 Å². The Morgan fingerprint density at radius 1 is 1.45 bits per heavy atom. The summed E-state index contributed by atoms with van der Waals surface area (Å²) in [5.41, 5.74) is 6.47. The highest BCUT2D eigenvalue weighted by Crippen LogP contribution is 2.24. The Bertz CT molecular complexity index is 449. The van der Waals surface area contributed by atoms with Gasteiger partial charge in [-0.2, -0.15) is 0 Å².